The summed E-state index contributed by atoms with van der Waals surface area (Å²) in [7, 11) is 0. The molecular formula is C20H23N7O. The summed E-state index contributed by atoms with van der Waals surface area (Å²) in [5.74, 6) is 1.17. The number of rotatable bonds is 6. The fourth-order valence-electron chi connectivity index (χ4n) is 3.40. The molecule has 1 atom stereocenters. The van der Waals surface area contributed by atoms with Gasteiger partial charge in [0, 0.05) is 56.7 Å². The Morgan fingerprint density at radius 1 is 1.14 bits per heavy atom. The van der Waals surface area contributed by atoms with Crippen LogP contribution in [0.2, 0.25) is 0 Å². The zero-order chi connectivity index (χ0) is 19.2. The quantitative estimate of drug-likeness (QED) is 0.708. The minimum absolute atomic E-state index is 0.0000138. The number of amides is 1. The molecule has 4 rings (SSSR count). The van der Waals surface area contributed by atoms with Gasteiger partial charge in [0.1, 0.15) is 0 Å². The van der Waals surface area contributed by atoms with Crippen LogP contribution >= 0.6 is 0 Å². The number of aryl methyl sites for hydroxylation is 2. The minimum Gasteiger partial charge on any atom is -0.340 e. The van der Waals surface area contributed by atoms with E-state index in [1.165, 1.54) is 5.56 Å². The average Bonchev–Trinajstić information content (AvgIpc) is 3.21. The van der Waals surface area contributed by atoms with E-state index in [2.05, 4.69) is 30.3 Å². The molecule has 0 aliphatic carbocycles. The van der Waals surface area contributed by atoms with Crippen molar-refractivity contribution in [2.75, 3.05) is 23.3 Å². The monoisotopic (exact) mass is 377 g/mol. The van der Waals surface area contributed by atoms with Crippen LogP contribution in [0, 0.1) is 5.92 Å². The molecule has 8 nitrogen and oxygen atoms in total. The lowest BCUT2D eigenvalue weighted by atomic mass is 9.97. The van der Waals surface area contributed by atoms with Crippen molar-refractivity contribution in [1.29, 1.82) is 0 Å². The van der Waals surface area contributed by atoms with E-state index in [4.69, 9.17) is 0 Å². The molecule has 4 heterocycles. The predicted molar refractivity (Wildman–Crippen MR) is 106 cm³/mol. The molecule has 0 bridgehead atoms. The minimum atomic E-state index is -0.0977. The van der Waals surface area contributed by atoms with Crippen LogP contribution in [-0.2, 0) is 17.8 Å². The number of nitrogens with one attached hydrogen (secondary N) is 1. The SMILES string of the molecule is O=C(Nc1ccn(CCc2ccncc2)n1)C1CCCN(c2ncccn2)C1. The Morgan fingerprint density at radius 2 is 1.96 bits per heavy atom. The molecule has 1 N–H and O–H groups in total. The van der Waals surface area contributed by atoms with Gasteiger partial charge in [0.05, 0.1) is 5.92 Å². The molecule has 1 aliphatic rings. The van der Waals surface area contributed by atoms with Crippen LogP contribution < -0.4 is 10.2 Å². The summed E-state index contributed by atoms with van der Waals surface area (Å²) in [5, 5.41) is 7.42. The lowest BCUT2D eigenvalue weighted by Gasteiger charge is -2.31. The van der Waals surface area contributed by atoms with Crippen LogP contribution in [0.4, 0.5) is 11.8 Å². The Hall–Kier alpha value is -3.29. The summed E-state index contributed by atoms with van der Waals surface area (Å²) in [4.78, 5) is 27.4. The second kappa shape index (κ2) is 8.60. The molecule has 1 amide bonds. The number of aromatic nitrogens is 5. The maximum absolute atomic E-state index is 12.7. The molecule has 0 saturated carbocycles. The number of hydrogen-bond acceptors (Lipinski definition) is 6. The Balaban J connectivity index is 1.31. The lowest BCUT2D eigenvalue weighted by molar-refractivity contribution is -0.120. The van der Waals surface area contributed by atoms with E-state index < -0.39 is 0 Å². The number of carbonyl (C=O) groups excluding carboxylic acids is 1. The van der Waals surface area contributed by atoms with Crippen molar-refractivity contribution in [1.82, 2.24) is 24.7 Å². The first-order valence-corrected chi connectivity index (χ1v) is 9.53. The highest BCUT2D eigenvalue weighted by Crippen LogP contribution is 2.21. The average molecular weight is 377 g/mol. The van der Waals surface area contributed by atoms with Gasteiger partial charge in [0.25, 0.3) is 0 Å². The molecule has 144 valence electrons. The maximum Gasteiger partial charge on any atom is 0.230 e. The predicted octanol–water partition coefficient (Wildman–Crippen LogP) is 2.17. The van der Waals surface area contributed by atoms with Gasteiger partial charge in [-0.2, -0.15) is 5.10 Å². The summed E-state index contributed by atoms with van der Waals surface area (Å²) >= 11 is 0. The second-order valence-corrected chi connectivity index (χ2v) is 6.89. The number of pyridine rings is 1. The highest BCUT2D eigenvalue weighted by atomic mass is 16.2. The Kier molecular flexibility index (Phi) is 5.56. The molecular weight excluding hydrogens is 354 g/mol. The summed E-state index contributed by atoms with van der Waals surface area (Å²) in [5.41, 5.74) is 1.21. The first-order chi connectivity index (χ1) is 13.8. The Morgan fingerprint density at radius 3 is 2.79 bits per heavy atom. The standard InChI is InChI=1S/C20H23N7O/c28-19(17-3-1-12-26(15-17)20-22-8-2-9-23-20)24-18-7-14-27(25-18)13-6-16-4-10-21-11-5-16/h2,4-5,7-11,14,17H,1,3,6,12-13,15H2,(H,24,25,28). The van der Waals surface area contributed by atoms with Crippen molar-refractivity contribution in [3.05, 3.63) is 60.8 Å². The molecule has 1 unspecified atom stereocenters. The van der Waals surface area contributed by atoms with Crippen molar-refractivity contribution < 1.29 is 4.79 Å². The van der Waals surface area contributed by atoms with Gasteiger partial charge in [0.15, 0.2) is 5.82 Å². The van der Waals surface area contributed by atoms with Crippen LogP contribution in [0.3, 0.4) is 0 Å². The van der Waals surface area contributed by atoms with Gasteiger partial charge < -0.3 is 10.2 Å². The van der Waals surface area contributed by atoms with Crippen molar-refractivity contribution in [2.45, 2.75) is 25.8 Å². The molecule has 1 fully saturated rings. The fraction of sp³-hybridized carbons (Fsp3) is 0.350. The van der Waals surface area contributed by atoms with Crippen LogP contribution in [-0.4, -0.2) is 43.7 Å². The molecule has 0 spiro atoms. The molecule has 8 heteroatoms. The van der Waals surface area contributed by atoms with E-state index in [-0.39, 0.29) is 11.8 Å². The first kappa shape index (κ1) is 18.1. The van der Waals surface area contributed by atoms with E-state index in [0.717, 1.165) is 32.4 Å². The van der Waals surface area contributed by atoms with Crippen molar-refractivity contribution in [2.24, 2.45) is 5.92 Å². The van der Waals surface area contributed by atoms with Crippen LogP contribution in [0.5, 0.6) is 0 Å². The molecule has 0 radical (unpaired) electrons. The lowest BCUT2D eigenvalue weighted by Crippen LogP contribution is -2.41. The summed E-state index contributed by atoms with van der Waals surface area (Å²) in [6.07, 6.45) is 11.6. The van der Waals surface area contributed by atoms with Gasteiger partial charge in [-0.15, -0.1) is 0 Å². The van der Waals surface area contributed by atoms with Crippen LogP contribution in [0.25, 0.3) is 0 Å². The fourth-order valence-corrected chi connectivity index (χ4v) is 3.40. The smallest absolute Gasteiger partial charge is 0.230 e. The molecule has 28 heavy (non-hydrogen) atoms. The molecule has 0 aromatic carbocycles. The zero-order valence-electron chi connectivity index (χ0n) is 15.6. The largest absolute Gasteiger partial charge is 0.340 e. The second-order valence-electron chi connectivity index (χ2n) is 6.89. The van der Waals surface area contributed by atoms with E-state index in [9.17, 15) is 4.79 Å². The van der Waals surface area contributed by atoms with Gasteiger partial charge in [-0.25, -0.2) is 9.97 Å². The third-order valence-corrected chi connectivity index (χ3v) is 4.90. The third-order valence-electron chi connectivity index (χ3n) is 4.90. The first-order valence-electron chi connectivity index (χ1n) is 9.53. The molecule has 1 saturated heterocycles. The molecule has 3 aromatic rings. The summed E-state index contributed by atoms with van der Waals surface area (Å²) in [6, 6.07) is 7.63. The number of carbonyl (C=O) groups is 1. The van der Waals surface area contributed by atoms with Crippen LogP contribution in [0.1, 0.15) is 18.4 Å². The molecule has 3 aromatic heterocycles. The van der Waals surface area contributed by atoms with Crippen molar-refractivity contribution >= 4 is 17.7 Å². The van der Waals surface area contributed by atoms with Gasteiger partial charge in [-0.3, -0.25) is 14.5 Å². The molecule has 1 aliphatic heterocycles. The number of nitrogens with zero attached hydrogens (tertiary/aromatic N) is 6. The van der Waals surface area contributed by atoms with E-state index in [1.807, 2.05) is 29.1 Å². The summed E-state index contributed by atoms with van der Waals surface area (Å²) < 4.78 is 1.85. The number of hydrogen-bond donors (Lipinski definition) is 1. The normalized spacial score (nSPS) is 16.7. The third kappa shape index (κ3) is 4.51. The van der Waals surface area contributed by atoms with Crippen molar-refractivity contribution in [3.63, 3.8) is 0 Å². The van der Waals surface area contributed by atoms with E-state index in [0.29, 0.717) is 18.3 Å². The summed E-state index contributed by atoms with van der Waals surface area (Å²) in [6.45, 7) is 2.25. The topological polar surface area (TPSA) is 88.8 Å². The zero-order valence-corrected chi connectivity index (χ0v) is 15.6. The van der Waals surface area contributed by atoms with Gasteiger partial charge >= 0.3 is 0 Å². The number of anilines is 2. The van der Waals surface area contributed by atoms with E-state index >= 15 is 0 Å². The number of piperidine rings is 1. The van der Waals surface area contributed by atoms with Gasteiger partial charge in [-0.05, 0) is 43.0 Å². The Labute approximate surface area is 163 Å². The Bertz CT molecular complexity index is 897. The van der Waals surface area contributed by atoms with Crippen molar-refractivity contribution in [3.8, 4) is 0 Å². The van der Waals surface area contributed by atoms with Gasteiger partial charge in [0.2, 0.25) is 11.9 Å². The highest BCUT2D eigenvalue weighted by molar-refractivity contribution is 5.92. The van der Waals surface area contributed by atoms with Crippen LogP contribution in [0.15, 0.2) is 55.2 Å². The maximum atomic E-state index is 12.7. The van der Waals surface area contributed by atoms with Gasteiger partial charge in [-0.1, -0.05) is 0 Å². The highest BCUT2D eigenvalue weighted by Gasteiger charge is 2.27. The van der Waals surface area contributed by atoms with E-state index in [1.54, 1.807) is 30.9 Å².